The predicted molar refractivity (Wildman–Crippen MR) is 79.9 cm³/mol. The molecule has 0 unspecified atom stereocenters. The van der Waals surface area contributed by atoms with Crippen LogP contribution in [0.2, 0.25) is 0 Å². The molecule has 3 rings (SSSR count). The van der Waals surface area contributed by atoms with Crippen LogP contribution in [0.5, 0.6) is 0 Å². The number of nitrogens with zero attached hydrogens (tertiary/aromatic N) is 4. The maximum Gasteiger partial charge on any atom is 0.194 e. The Hall–Kier alpha value is -1.79. The number of nitrogens with one attached hydrogen (secondary N) is 1. The smallest absolute Gasteiger partial charge is 0.194 e. The van der Waals surface area contributed by atoms with E-state index in [2.05, 4.69) is 43.9 Å². The molecule has 1 N–H and O–H groups in total. The summed E-state index contributed by atoms with van der Waals surface area (Å²) < 4.78 is 2.22. The average Bonchev–Trinajstić information content (AvgIpc) is 2.91. The molecule has 5 nitrogen and oxygen atoms in total. The van der Waals surface area contributed by atoms with Crippen LogP contribution in [0, 0.1) is 20.8 Å². The van der Waals surface area contributed by atoms with E-state index in [1.165, 1.54) is 11.4 Å². The lowest BCUT2D eigenvalue weighted by Crippen LogP contribution is -2.16. The van der Waals surface area contributed by atoms with Gasteiger partial charge in [-0.3, -0.25) is 4.40 Å². The van der Waals surface area contributed by atoms with Gasteiger partial charge in [0.15, 0.2) is 4.96 Å². The van der Waals surface area contributed by atoms with E-state index in [-0.39, 0.29) is 0 Å². The van der Waals surface area contributed by atoms with Crippen LogP contribution in [0.3, 0.4) is 0 Å². The molecule has 0 aromatic carbocycles. The van der Waals surface area contributed by atoms with Crippen LogP contribution in [-0.4, -0.2) is 19.4 Å². The van der Waals surface area contributed by atoms with Gasteiger partial charge in [-0.2, -0.15) is 0 Å². The third kappa shape index (κ3) is 2.44. The average molecular weight is 287 g/mol. The van der Waals surface area contributed by atoms with Gasteiger partial charge in [-0.1, -0.05) is 0 Å². The molecule has 0 spiro atoms. The number of rotatable bonds is 4. The molecule has 0 radical (unpaired) electrons. The van der Waals surface area contributed by atoms with Crippen molar-refractivity contribution in [3.8, 4) is 0 Å². The quantitative estimate of drug-likeness (QED) is 0.800. The Morgan fingerprint density at radius 2 is 2.05 bits per heavy atom. The molecule has 0 saturated heterocycles. The van der Waals surface area contributed by atoms with Crippen molar-refractivity contribution >= 4 is 16.3 Å². The number of hydrogen-bond acceptors (Lipinski definition) is 5. The minimum Gasteiger partial charge on any atom is -0.305 e. The van der Waals surface area contributed by atoms with Gasteiger partial charge >= 0.3 is 0 Å². The van der Waals surface area contributed by atoms with Crippen molar-refractivity contribution in [1.82, 2.24) is 24.7 Å². The Morgan fingerprint density at radius 1 is 1.20 bits per heavy atom. The van der Waals surface area contributed by atoms with Gasteiger partial charge in [0.1, 0.15) is 5.82 Å². The van der Waals surface area contributed by atoms with Crippen LogP contribution >= 0.6 is 11.3 Å². The van der Waals surface area contributed by atoms with Crippen LogP contribution in [0.25, 0.3) is 4.96 Å². The van der Waals surface area contributed by atoms with E-state index >= 15 is 0 Å². The van der Waals surface area contributed by atoms with E-state index in [9.17, 15) is 0 Å². The Balaban J connectivity index is 1.74. The van der Waals surface area contributed by atoms with Gasteiger partial charge in [-0.05, 0) is 26.8 Å². The van der Waals surface area contributed by atoms with Crippen LogP contribution in [-0.2, 0) is 13.1 Å². The van der Waals surface area contributed by atoms with Gasteiger partial charge < -0.3 is 5.32 Å². The summed E-state index contributed by atoms with van der Waals surface area (Å²) in [6, 6.07) is 1.94. The predicted octanol–water partition coefficient (Wildman–Crippen LogP) is 2.40. The molecule has 0 atom stereocenters. The highest BCUT2D eigenvalue weighted by Gasteiger charge is 2.11. The fourth-order valence-corrected chi connectivity index (χ4v) is 3.22. The third-order valence-electron chi connectivity index (χ3n) is 3.26. The molecular weight excluding hydrogens is 270 g/mol. The molecule has 20 heavy (non-hydrogen) atoms. The van der Waals surface area contributed by atoms with E-state index in [0.29, 0.717) is 0 Å². The Labute approximate surface area is 121 Å². The Morgan fingerprint density at radius 3 is 2.85 bits per heavy atom. The second kappa shape index (κ2) is 5.30. The lowest BCUT2D eigenvalue weighted by molar-refractivity contribution is 0.656. The second-order valence-electron chi connectivity index (χ2n) is 4.84. The molecule has 0 aliphatic rings. The maximum atomic E-state index is 4.59. The number of aryl methyl sites for hydroxylation is 3. The molecule has 3 aromatic rings. The third-order valence-corrected chi connectivity index (χ3v) is 4.21. The first-order valence-electron chi connectivity index (χ1n) is 6.56. The van der Waals surface area contributed by atoms with Crippen molar-refractivity contribution in [2.45, 2.75) is 33.9 Å². The Bertz CT molecular complexity index is 743. The van der Waals surface area contributed by atoms with Gasteiger partial charge in [0, 0.05) is 30.4 Å². The first-order chi connectivity index (χ1) is 9.65. The molecule has 3 heterocycles. The molecular formula is C14H17N5S. The zero-order valence-electron chi connectivity index (χ0n) is 11.8. The summed E-state index contributed by atoms with van der Waals surface area (Å²) in [5, 5.41) is 5.57. The summed E-state index contributed by atoms with van der Waals surface area (Å²) in [4.78, 5) is 14.2. The first-order valence-corrected chi connectivity index (χ1v) is 7.44. The summed E-state index contributed by atoms with van der Waals surface area (Å²) in [6.07, 6.45) is 1.80. The molecule has 0 saturated carbocycles. The number of imidazole rings is 1. The topological polar surface area (TPSA) is 55.1 Å². The molecule has 3 aromatic heterocycles. The van der Waals surface area contributed by atoms with Crippen LogP contribution in [0.15, 0.2) is 17.6 Å². The second-order valence-corrected chi connectivity index (χ2v) is 5.67. The van der Waals surface area contributed by atoms with E-state index in [4.69, 9.17) is 0 Å². The number of hydrogen-bond donors (Lipinski definition) is 1. The lowest BCUT2D eigenvalue weighted by Gasteiger charge is -2.06. The van der Waals surface area contributed by atoms with Gasteiger partial charge in [0.05, 0.1) is 17.1 Å². The van der Waals surface area contributed by atoms with E-state index in [1.807, 2.05) is 13.0 Å². The number of aromatic nitrogens is 4. The maximum absolute atomic E-state index is 4.59. The number of thiazole rings is 1. The van der Waals surface area contributed by atoms with E-state index in [1.54, 1.807) is 17.5 Å². The number of fused-ring (bicyclic) bond motifs is 1. The van der Waals surface area contributed by atoms with E-state index < -0.39 is 0 Å². The molecule has 0 aliphatic heterocycles. The monoisotopic (exact) mass is 287 g/mol. The molecule has 0 amide bonds. The van der Waals surface area contributed by atoms with Crippen LogP contribution in [0.1, 0.15) is 28.6 Å². The minimum absolute atomic E-state index is 0.735. The highest BCUT2D eigenvalue weighted by Crippen LogP contribution is 2.20. The summed E-state index contributed by atoms with van der Waals surface area (Å²) >= 11 is 1.68. The summed E-state index contributed by atoms with van der Waals surface area (Å²) in [7, 11) is 0. The van der Waals surface area contributed by atoms with Gasteiger partial charge in [-0.25, -0.2) is 15.0 Å². The Kier molecular flexibility index (Phi) is 3.50. The molecule has 104 valence electrons. The summed E-state index contributed by atoms with van der Waals surface area (Å²) in [6.45, 7) is 7.60. The molecule has 0 aliphatic carbocycles. The summed E-state index contributed by atoms with van der Waals surface area (Å²) in [5.41, 5.74) is 4.56. The van der Waals surface area contributed by atoms with Gasteiger partial charge in [0.25, 0.3) is 0 Å². The van der Waals surface area contributed by atoms with Crippen molar-refractivity contribution in [1.29, 1.82) is 0 Å². The fourth-order valence-electron chi connectivity index (χ4n) is 2.29. The van der Waals surface area contributed by atoms with Crippen molar-refractivity contribution in [3.05, 3.63) is 46.2 Å². The first kappa shape index (κ1) is 13.2. The lowest BCUT2D eigenvalue weighted by atomic mass is 10.3. The largest absolute Gasteiger partial charge is 0.305 e. The van der Waals surface area contributed by atoms with Gasteiger partial charge in [0.2, 0.25) is 0 Å². The minimum atomic E-state index is 0.735. The van der Waals surface area contributed by atoms with Crippen molar-refractivity contribution in [2.24, 2.45) is 0 Å². The van der Waals surface area contributed by atoms with Crippen LogP contribution < -0.4 is 5.32 Å². The highest BCUT2D eigenvalue weighted by atomic mass is 32.1. The zero-order valence-corrected chi connectivity index (χ0v) is 12.7. The molecule has 0 fully saturated rings. The normalized spacial score (nSPS) is 11.3. The fraction of sp³-hybridized carbons (Fsp3) is 0.357. The SMILES string of the molecule is Cc1nccc(CNCc2c(C)nc3scc(C)n23)n1. The molecule has 6 heteroatoms. The van der Waals surface area contributed by atoms with Crippen molar-refractivity contribution in [2.75, 3.05) is 0 Å². The van der Waals surface area contributed by atoms with E-state index in [0.717, 1.165) is 35.3 Å². The van der Waals surface area contributed by atoms with Crippen molar-refractivity contribution in [3.63, 3.8) is 0 Å². The zero-order chi connectivity index (χ0) is 14.1. The van der Waals surface area contributed by atoms with Crippen molar-refractivity contribution < 1.29 is 0 Å². The van der Waals surface area contributed by atoms with Crippen LogP contribution in [0.4, 0.5) is 0 Å². The summed E-state index contributed by atoms with van der Waals surface area (Å²) in [5.74, 6) is 0.806. The highest BCUT2D eigenvalue weighted by molar-refractivity contribution is 7.15. The molecule has 0 bridgehead atoms. The van der Waals surface area contributed by atoms with Gasteiger partial charge in [-0.15, -0.1) is 11.3 Å². The standard InChI is InChI=1S/C14H17N5S/c1-9-8-20-14-17-10(2)13(19(9)14)7-15-6-12-4-5-16-11(3)18-12/h4-5,8,15H,6-7H2,1-3H3.